The zero-order chi connectivity index (χ0) is 9.68. The number of allylic oxidation sites excluding steroid dienone is 1. The van der Waals surface area contributed by atoms with E-state index in [4.69, 9.17) is 10.5 Å². The minimum absolute atomic E-state index is 0.282. The number of ether oxygens (including phenoxy) is 1. The Hall–Kier alpha value is -0.830. The van der Waals surface area contributed by atoms with Crippen molar-refractivity contribution in [3.63, 3.8) is 0 Å². The molecule has 3 heteroatoms. The van der Waals surface area contributed by atoms with Crippen molar-refractivity contribution < 1.29 is 9.53 Å². The van der Waals surface area contributed by atoms with Gasteiger partial charge in [-0.1, -0.05) is 11.6 Å². The molecule has 0 aromatic carbocycles. The maximum Gasteiger partial charge on any atom is 0.323 e. The van der Waals surface area contributed by atoms with Crippen LogP contribution in [0.1, 0.15) is 32.6 Å². The summed E-state index contributed by atoms with van der Waals surface area (Å²) in [4.78, 5) is 11.2. The number of carbonyl (C=O) groups is 1. The molecule has 0 spiro atoms. The van der Waals surface area contributed by atoms with Crippen molar-refractivity contribution in [1.29, 1.82) is 0 Å². The van der Waals surface area contributed by atoms with Crippen molar-refractivity contribution in [3.8, 4) is 0 Å². The third-order valence-corrected chi connectivity index (χ3v) is 2.21. The zero-order valence-corrected chi connectivity index (χ0v) is 8.08. The van der Waals surface area contributed by atoms with Gasteiger partial charge in [0.05, 0.1) is 6.61 Å². The number of nitrogens with two attached hydrogens (primary N) is 1. The Balaban J connectivity index is 2.31. The highest BCUT2D eigenvalue weighted by Crippen LogP contribution is 2.21. The van der Waals surface area contributed by atoms with Gasteiger partial charge in [-0.05, 0) is 32.6 Å². The summed E-state index contributed by atoms with van der Waals surface area (Å²) < 4.78 is 4.82. The number of hydrogen-bond donors (Lipinski definition) is 1. The van der Waals surface area contributed by atoms with Crippen LogP contribution in [0.4, 0.5) is 0 Å². The van der Waals surface area contributed by atoms with Gasteiger partial charge in [0.1, 0.15) is 6.04 Å². The molecule has 0 aromatic heterocycles. The average Bonchev–Trinajstić information content (AvgIpc) is 2.57. The highest BCUT2D eigenvalue weighted by Gasteiger charge is 2.17. The molecule has 0 unspecified atom stereocenters. The third-order valence-electron chi connectivity index (χ3n) is 2.21. The van der Waals surface area contributed by atoms with E-state index in [0.717, 1.165) is 12.8 Å². The van der Waals surface area contributed by atoms with E-state index in [2.05, 4.69) is 6.08 Å². The van der Waals surface area contributed by atoms with Crippen LogP contribution in [0.3, 0.4) is 0 Å². The van der Waals surface area contributed by atoms with Crippen LogP contribution in [0.15, 0.2) is 11.6 Å². The summed E-state index contributed by atoms with van der Waals surface area (Å²) in [6.45, 7) is 2.20. The predicted octanol–water partition coefficient (Wildman–Crippen LogP) is 1.38. The van der Waals surface area contributed by atoms with Crippen LogP contribution in [0.25, 0.3) is 0 Å². The lowest BCUT2D eigenvalue weighted by Gasteiger charge is -2.10. The van der Waals surface area contributed by atoms with Crippen LogP contribution < -0.4 is 5.73 Å². The fourth-order valence-electron chi connectivity index (χ4n) is 1.54. The summed E-state index contributed by atoms with van der Waals surface area (Å²) in [5.41, 5.74) is 6.97. The molecule has 0 saturated heterocycles. The molecular formula is C10H17NO2. The summed E-state index contributed by atoms with van der Waals surface area (Å²) in [5.74, 6) is -0.282. The largest absolute Gasteiger partial charge is 0.465 e. The summed E-state index contributed by atoms with van der Waals surface area (Å²) in [7, 11) is 0. The fourth-order valence-corrected chi connectivity index (χ4v) is 1.54. The Labute approximate surface area is 78.9 Å². The normalized spacial score (nSPS) is 18.2. The minimum Gasteiger partial charge on any atom is -0.465 e. The molecule has 1 atom stereocenters. The first-order valence-corrected chi connectivity index (χ1v) is 4.84. The van der Waals surface area contributed by atoms with E-state index < -0.39 is 6.04 Å². The molecule has 0 heterocycles. The van der Waals surface area contributed by atoms with Crippen molar-refractivity contribution >= 4 is 5.97 Å². The molecule has 2 N–H and O–H groups in total. The molecule has 0 fully saturated rings. The topological polar surface area (TPSA) is 52.3 Å². The minimum atomic E-state index is -0.468. The molecule has 1 aliphatic carbocycles. The van der Waals surface area contributed by atoms with Gasteiger partial charge < -0.3 is 10.5 Å². The number of carbonyl (C=O) groups excluding carboxylic acids is 1. The molecule has 3 nitrogen and oxygen atoms in total. The second-order valence-corrected chi connectivity index (χ2v) is 3.32. The summed E-state index contributed by atoms with van der Waals surface area (Å²) in [5, 5.41) is 0. The van der Waals surface area contributed by atoms with Crippen LogP contribution in [-0.2, 0) is 9.53 Å². The van der Waals surface area contributed by atoms with Crippen molar-refractivity contribution in [1.82, 2.24) is 0 Å². The van der Waals surface area contributed by atoms with Gasteiger partial charge in [0.15, 0.2) is 0 Å². The average molecular weight is 183 g/mol. The maximum absolute atomic E-state index is 11.2. The maximum atomic E-state index is 11.2. The monoisotopic (exact) mass is 183 g/mol. The molecule has 0 radical (unpaired) electrons. The van der Waals surface area contributed by atoms with Gasteiger partial charge in [-0.15, -0.1) is 0 Å². The lowest BCUT2D eigenvalue weighted by molar-refractivity contribution is -0.144. The first kappa shape index (κ1) is 10.3. The molecule has 0 aromatic rings. The lowest BCUT2D eigenvalue weighted by atomic mass is 10.1. The van der Waals surface area contributed by atoms with E-state index in [0.29, 0.717) is 13.0 Å². The van der Waals surface area contributed by atoms with Gasteiger partial charge in [-0.2, -0.15) is 0 Å². The van der Waals surface area contributed by atoms with Gasteiger partial charge in [-0.25, -0.2) is 0 Å². The Morgan fingerprint density at radius 1 is 1.77 bits per heavy atom. The van der Waals surface area contributed by atoms with Gasteiger partial charge in [0, 0.05) is 0 Å². The molecular weight excluding hydrogens is 166 g/mol. The standard InChI is InChI=1S/C10H17NO2/c1-2-13-10(12)9(11)7-8-5-3-4-6-8/h5,9H,2-4,6-7,11H2,1H3/t9-/m0/s1. The van der Waals surface area contributed by atoms with E-state index in [1.807, 2.05) is 0 Å². The number of hydrogen-bond acceptors (Lipinski definition) is 3. The van der Waals surface area contributed by atoms with Crippen LogP contribution >= 0.6 is 0 Å². The van der Waals surface area contributed by atoms with Crippen molar-refractivity contribution in [3.05, 3.63) is 11.6 Å². The zero-order valence-electron chi connectivity index (χ0n) is 8.08. The van der Waals surface area contributed by atoms with Crippen LogP contribution in [0.2, 0.25) is 0 Å². The van der Waals surface area contributed by atoms with Gasteiger partial charge in [-0.3, -0.25) is 4.79 Å². The quantitative estimate of drug-likeness (QED) is 0.529. The smallest absolute Gasteiger partial charge is 0.323 e. The van der Waals surface area contributed by atoms with Gasteiger partial charge in [0.25, 0.3) is 0 Å². The predicted molar refractivity (Wildman–Crippen MR) is 51.2 cm³/mol. The van der Waals surface area contributed by atoms with Crippen molar-refractivity contribution in [2.24, 2.45) is 5.73 Å². The summed E-state index contributed by atoms with van der Waals surface area (Å²) in [6, 6.07) is -0.468. The van der Waals surface area contributed by atoms with Gasteiger partial charge >= 0.3 is 5.97 Å². The fraction of sp³-hybridized carbons (Fsp3) is 0.700. The SMILES string of the molecule is CCOC(=O)[C@@H](N)CC1=CCCC1. The summed E-state index contributed by atoms with van der Waals surface area (Å²) >= 11 is 0. The van der Waals surface area contributed by atoms with Crippen molar-refractivity contribution in [2.45, 2.75) is 38.6 Å². The molecule has 0 aliphatic heterocycles. The lowest BCUT2D eigenvalue weighted by Crippen LogP contribution is -2.32. The second kappa shape index (κ2) is 5.02. The van der Waals surface area contributed by atoms with Crippen molar-refractivity contribution in [2.75, 3.05) is 6.61 Å². The molecule has 13 heavy (non-hydrogen) atoms. The van der Waals surface area contributed by atoms with Gasteiger partial charge in [0.2, 0.25) is 0 Å². The van der Waals surface area contributed by atoms with Crippen LogP contribution in [0, 0.1) is 0 Å². The highest BCUT2D eigenvalue weighted by molar-refractivity contribution is 5.75. The second-order valence-electron chi connectivity index (χ2n) is 3.32. The summed E-state index contributed by atoms with van der Waals surface area (Å²) in [6.07, 6.45) is 6.26. The third kappa shape index (κ3) is 3.19. The van der Waals surface area contributed by atoms with E-state index in [-0.39, 0.29) is 5.97 Å². The molecule has 1 rings (SSSR count). The molecule has 0 bridgehead atoms. The van der Waals surface area contributed by atoms with E-state index in [1.54, 1.807) is 6.92 Å². The Morgan fingerprint density at radius 3 is 3.08 bits per heavy atom. The van der Waals surface area contributed by atoms with E-state index in [9.17, 15) is 4.79 Å². The molecule has 0 saturated carbocycles. The van der Waals surface area contributed by atoms with E-state index >= 15 is 0 Å². The van der Waals surface area contributed by atoms with E-state index in [1.165, 1.54) is 12.0 Å². The number of esters is 1. The molecule has 0 amide bonds. The number of rotatable bonds is 4. The Bertz CT molecular complexity index is 211. The molecule has 1 aliphatic rings. The highest BCUT2D eigenvalue weighted by atomic mass is 16.5. The first-order chi connectivity index (χ1) is 6.24. The first-order valence-electron chi connectivity index (χ1n) is 4.84. The van der Waals surface area contributed by atoms with Crippen LogP contribution in [0.5, 0.6) is 0 Å². The Morgan fingerprint density at radius 2 is 2.54 bits per heavy atom. The Kier molecular flexibility index (Phi) is 3.96. The molecule has 74 valence electrons. The van der Waals surface area contributed by atoms with Crippen LogP contribution in [-0.4, -0.2) is 18.6 Å².